The Bertz CT molecular complexity index is 1170. The molecule has 3 unspecified atom stereocenters. The molecule has 0 spiro atoms. The minimum atomic E-state index is -0.696. The van der Waals surface area contributed by atoms with Crippen LogP contribution in [-0.2, 0) is 9.59 Å². The fourth-order valence-electron chi connectivity index (χ4n) is 7.19. The van der Waals surface area contributed by atoms with E-state index in [9.17, 15) is 19.1 Å². The van der Waals surface area contributed by atoms with E-state index in [2.05, 4.69) is 0 Å². The van der Waals surface area contributed by atoms with Crippen LogP contribution in [0.15, 0.2) is 48.7 Å². The quantitative estimate of drug-likeness (QED) is 0.587. The van der Waals surface area contributed by atoms with Crippen molar-refractivity contribution in [2.45, 2.75) is 64.5 Å². The smallest absolute Gasteiger partial charge is 0.309 e. The largest absolute Gasteiger partial charge is 0.481 e. The van der Waals surface area contributed by atoms with E-state index in [1.54, 1.807) is 18.3 Å². The second-order valence-corrected chi connectivity index (χ2v) is 10.9. The Labute approximate surface area is 205 Å². The van der Waals surface area contributed by atoms with Gasteiger partial charge < -0.3 is 15.7 Å². The van der Waals surface area contributed by atoms with Crippen LogP contribution in [0, 0.1) is 30.0 Å². The number of carbonyl (C=O) groups excluding carboxylic acids is 1. The van der Waals surface area contributed by atoms with Crippen molar-refractivity contribution in [3.05, 3.63) is 65.6 Å². The van der Waals surface area contributed by atoms with E-state index < -0.39 is 11.4 Å². The first-order chi connectivity index (χ1) is 16.7. The van der Waals surface area contributed by atoms with Crippen LogP contribution in [0.4, 0.5) is 4.39 Å². The molecular weight excluding hydrogens is 443 g/mol. The van der Waals surface area contributed by atoms with Crippen molar-refractivity contribution in [2.24, 2.45) is 23.0 Å². The lowest BCUT2D eigenvalue weighted by molar-refractivity contribution is -0.178. The number of benzene rings is 2. The fraction of sp³-hybridized carbons (Fsp3) is 0.448. The summed E-state index contributed by atoms with van der Waals surface area (Å²) in [5.74, 6) is -0.610. The highest BCUT2D eigenvalue weighted by Gasteiger charge is 2.58. The number of hydrogen-bond acceptors (Lipinski definition) is 3. The van der Waals surface area contributed by atoms with Gasteiger partial charge in [0.25, 0.3) is 0 Å². The van der Waals surface area contributed by atoms with Gasteiger partial charge in [0.05, 0.1) is 5.41 Å². The molecule has 0 radical (unpaired) electrons. The molecule has 4 aliphatic rings. The average Bonchev–Trinajstić information content (AvgIpc) is 2.80. The molecule has 184 valence electrons. The van der Waals surface area contributed by atoms with Gasteiger partial charge in [0.2, 0.25) is 5.91 Å². The normalized spacial score (nSPS) is 28.3. The average molecular weight is 477 g/mol. The third kappa shape index (κ3) is 4.03. The zero-order valence-corrected chi connectivity index (χ0v) is 20.3. The summed E-state index contributed by atoms with van der Waals surface area (Å²) < 4.78 is 13.5. The molecule has 4 bridgehead atoms. The Kier molecular flexibility index (Phi) is 5.94. The molecule has 3 N–H and O–H groups in total. The second kappa shape index (κ2) is 8.81. The highest BCUT2D eigenvalue weighted by molar-refractivity contribution is 5.87. The Hall–Kier alpha value is -3.15. The lowest BCUT2D eigenvalue weighted by Crippen LogP contribution is -2.65. The number of nitrogens with two attached hydrogens (primary N) is 1. The number of piperidine rings is 2. The molecule has 2 aromatic rings. The molecule has 1 amide bonds. The number of aliphatic carboxylic acids is 1. The van der Waals surface area contributed by atoms with E-state index in [-0.39, 0.29) is 29.7 Å². The van der Waals surface area contributed by atoms with E-state index in [0.29, 0.717) is 25.2 Å². The SMILES string of the molecule is Cc1cccc(-c2ccc(F)cc2)c1/C(=C\N)C(C)CC(=O)N1C2CC3CC1CC(C(=O)O)(C3)C2. The van der Waals surface area contributed by atoms with E-state index in [1.807, 2.05) is 36.9 Å². The Morgan fingerprint density at radius 2 is 1.80 bits per heavy atom. The first kappa shape index (κ1) is 23.6. The van der Waals surface area contributed by atoms with Crippen LogP contribution in [0.1, 0.15) is 56.6 Å². The molecule has 2 saturated heterocycles. The summed E-state index contributed by atoms with van der Waals surface area (Å²) in [6.45, 7) is 4.04. The maximum Gasteiger partial charge on any atom is 0.309 e. The van der Waals surface area contributed by atoms with Crippen molar-refractivity contribution >= 4 is 17.4 Å². The number of carbonyl (C=O) groups is 2. The first-order valence-electron chi connectivity index (χ1n) is 12.5. The van der Waals surface area contributed by atoms with Gasteiger partial charge in [-0.05, 0) is 97.0 Å². The van der Waals surface area contributed by atoms with Gasteiger partial charge in [-0.25, -0.2) is 4.39 Å². The summed E-state index contributed by atoms with van der Waals surface area (Å²) in [5.41, 5.74) is 10.3. The van der Waals surface area contributed by atoms with Crippen molar-refractivity contribution in [1.29, 1.82) is 0 Å². The summed E-state index contributed by atoms with van der Waals surface area (Å²) in [6, 6.07) is 12.5. The molecule has 2 aliphatic heterocycles. The van der Waals surface area contributed by atoms with Crippen LogP contribution in [-0.4, -0.2) is 34.0 Å². The minimum Gasteiger partial charge on any atom is -0.481 e. The van der Waals surface area contributed by atoms with Gasteiger partial charge in [-0.15, -0.1) is 0 Å². The van der Waals surface area contributed by atoms with E-state index in [1.165, 1.54) is 12.1 Å². The summed E-state index contributed by atoms with van der Waals surface area (Å²) in [5, 5.41) is 9.90. The molecule has 2 aliphatic carbocycles. The summed E-state index contributed by atoms with van der Waals surface area (Å²) in [7, 11) is 0. The number of carboxylic acids is 1. The topological polar surface area (TPSA) is 83.6 Å². The van der Waals surface area contributed by atoms with Crippen LogP contribution in [0.3, 0.4) is 0 Å². The van der Waals surface area contributed by atoms with Gasteiger partial charge in [-0.1, -0.05) is 37.3 Å². The standard InChI is InChI=1S/C29H33FN2O3/c1-17-4-3-5-24(20-6-8-21(30)9-7-20)27(17)25(16-31)18(2)10-26(33)32-22-11-19-12-23(32)15-29(13-19,14-22)28(34)35/h3-9,16,18-19,22-23H,10-15,31H2,1-2H3,(H,34,35)/b25-16-. The van der Waals surface area contributed by atoms with Crippen molar-refractivity contribution in [3.8, 4) is 11.1 Å². The third-order valence-electron chi connectivity index (χ3n) is 8.58. The predicted molar refractivity (Wildman–Crippen MR) is 134 cm³/mol. The number of carboxylic acid groups (broad SMARTS) is 1. The molecule has 2 heterocycles. The molecule has 0 aromatic heterocycles. The Morgan fingerprint density at radius 1 is 1.14 bits per heavy atom. The van der Waals surface area contributed by atoms with Gasteiger partial charge in [0, 0.05) is 18.5 Å². The van der Waals surface area contributed by atoms with Crippen molar-refractivity contribution in [3.63, 3.8) is 0 Å². The maximum absolute atomic E-state index is 13.6. The zero-order chi connectivity index (χ0) is 24.9. The molecule has 6 heteroatoms. The molecule has 35 heavy (non-hydrogen) atoms. The van der Waals surface area contributed by atoms with Gasteiger partial charge in [0.15, 0.2) is 0 Å². The number of halogens is 1. The number of amides is 1. The van der Waals surface area contributed by atoms with Gasteiger partial charge >= 0.3 is 5.97 Å². The molecular formula is C29H33FN2O3. The van der Waals surface area contributed by atoms with Crippen LogP contribution in [0.5, 0.6) is 0 Å². The van der Waals surface area contributed by atoms with Crippen molar-refractivity contribution < 1.29 is 19.1 Å². The number of allylic oxidation sites excluding steroid dienone is 1. The zero-order valence-electron chi connectivity index (χ0n) is 20.3. The highest BCUT2D eigenvalue weighted by atomic mass is 19.1. The molecule has 4 fully saturated rings. The van der Waals surface area contributed by atoms with E-state index in [4.69, 9.17) is 5.73 Å². The summed E-state index contributed by atoms with van der Waals surface area (Å²) >= 11 is 0. The van der Waals surface area contributed by atoms with E-state index in [0.717, 1.165) is 47.1 Å². The number of aryl methyl sites for hydroxylation is 1. The highest BCUT2D eigenvalue weighted by Crippen LogP contribution is 2.56. The van der Waals surface area contributed by atoms with Gasteiger partial charge in [0.1, 0.15) is 5.82 Å². The molecule has 2 aromatic carbocycles. The van der Waals surface area contributed by atoms with Crippen LogP contribution in [0.2, 0.25) is 0 Å². The van der Waals surface area contributed by atoms with E-state index >= 15 is 0 Å². The third-order valence-corrected chi connectivity index (χ3v) is 8.58. The molecule has 2 saturated carbocycles. The van der Waals surface area contributed by atoms with Crippen LogP contribution < -0.4 is 5.73 Å². The van der Waals surface area contributed by atoms with Crippen molar-refractivity contribution in [2.75, 3.05) is 0 Å². The second-order valence-electron chi connectivity index (χ2n) is 10.9. The Balaban J connectivity index is 1.39. The monoisotopic (exact) mass is 476 g/mol. The van der Waals surface area contributed by atoms with Crippen molar-refractivity contribution in [1.82, 2.24) is 4.90 Å². The number of rotatable bonds is 6. The minimum absolute atomic E-state index is 0.0237. The van der Waals surface area contributed by atoms with Gasteiger partial charge in [-0.2, -0.15) is 0 Å². The molecule has 6 rings (SSSR count). The maximum atomic E-state index is 13.6. The van der Waals surface area contributed by atoms with Gasteiger partial charge in [-0.3, -0.25) is 9.59 Å². The summed E-state index contributed by atoms with van der Waals surface area (Å²) in [6.07, 6.45) is 5.64. The van der Waals surface area contributed by atoms with Crippen LogP contribution in [0.25, 0.3) is 16.7 Å². The first-order valence-corrected chi connectivity index (χ1v) is 12.5. The molecule has 5 nitrogen and oxygen atoms in total. The molecule has 3 atom stereocenters. The lowest BCUT2D eigenvalue weighted by atomic mass is 9.55. The number of hydrogen-bond donors (Lipinski definition) is 2. The summed E-state index contributed by atoms with van der Waals surface area (Å²) in [4.78, 5) is 27.7. The number of nitrogens with zero attached hydrogens (tertiary/aromatic N) is 1. The predicted octanol–water partition coefficient (Wildman–Crippen LogP) is 5.37. The fourth-order valence-corrected chi connectivity index (χ4v) is 7.19. The lowest BCUT2D eigenvalue weighted by Gasteiger charge is -2.60. The van der Waals surface area contributed by atoms with Crippen LogP contribution >= 0.6 is 0 Å². The Morgan fingerprint density at radius 3 is 2.40 bits per heavy atom.